The number of nitrogens with one attached hydrogen (secondary N) is 1. The average molecular weight is 465 g/mol. The second kappa shape index (κ2) is 9.68. The summed E-state index contributed by atoms with van der Waals surface area (Å²) in [7, 11) is 1.70. The molecular formula is C24H28N6O4. The topological polar surface area (TPSA) is 107 Å². The molecule has 1 amide bonds. The van der Waals surface area contributed by atoms with E-state index in [-0.39, 0.29) is 11.9 Å². The van der Waals surface area contributed by atoms with Crippen LogP contribution in [0.25, 0.3) is 28.1 Å². The number of nitrogens with zero attached hydrogens (tertiary/aromatic N) is 5. The van der Waals surface area contributed by atoms with Gasteiger partial charge in [-0.2, -0.15) is 0 Å². The van der Waals surface area contributed by atoms with Crippen molar-refractivity contribution in [2.45, 2.75) is 32.2 Å². The van der Waals surface area contributed by atoms with Crippen molar-refractivity contribution in [3.63, 3.8) is 0 Å². The first-order valence-electron chi connectivity index (χ1n) is 11.6. The number of fused-ring (bicyclic) bond motifs is 2. The Morgan fingerprint density at radius 2 is 2.18 bits per heavy atom. The Labute approximate surface area is 196 Å². The van der Waals surface area contributed by atoms with Crippen molar-refractivity contribution >= 4 is 28.3 Å². The van der Waals surface area contributed by atoms with E-state index in [2.05, 4.69) is 32.2 Å². The monoisotopic (exact) mass is 464 g/mol. The summed E-state index contributed by atoms with van der Waals surface area (Å²) in [5, 5.41) is 8.44. The van der Waals surface area contributed by atoms with Gasteiger partial charge in [0.1, 0.15) is 23.7 Å². The van der Waals surface area contributed by atoms with Gasteiger partial charge in [-0.15, -0.1) is 5.10 Å². The fourth-order valence-corrected chi connectivity index (χ4v) is 4.21. The van der Waals surface area contributed by atoms with Crippen LogP contribution in [0.5, 0.6) is 5.88 Å². The standard InChI is InChI=1S/C24H28N6O4/c1-3-10-29(11-12-32-2)24-17-13-20(34-19(17)8-9-25-24)18-14-26-21-5-7-23(28-30(18)21)33-15-16-4-6-22(31)27-16/h5,7-9,13-14,16H,3-4,6,10-12,15H2,1-2H3,(H,27,31)/t16-/m1/s1. The number of pyridine rings is 1. The number of anilines is 1. The summed E-state index contributed by atoms with van der Waals surface area (Å²) in [5.41, 5.74) is 2.15. The Morgan fingerprint density at radius 3 is 2.97 bits per heavy atom. The first-order valence-corrected chi connectivity index (χ1v) is 11.6. The molecule has 0 spiro atoms. The number of imidazole rings is 1. The van der Waals surface area contributed by atoms with Gasteiger partial charge in [-0.25, -0.2) is 14.5 Å². The van der Waals surface area contributed by atoms with Gasteiger partial charge in [0.2, 0.25) is 11.8 Å². The first-order chi connectivity index (χ1) is 16.7. The van der Waals surface area contributed by atoms with Crippen LogP contribution in [-0.2, 0) is 9.53 Å². The maximum Gasteiger partial charge on any atom is 0.231 e. The predicted octanol–water partition coefficient (Wildman–Crippen LogP) is 3.06. The summed E-state index contributed by atoms with van der Waals surface area (Å²) in [5.74, 6) is 2.04. The molecule has 0 bridgehead atoms. The Kier molecular flexibility index (Phi) is 6.31. The largest absolute Gasteiger partial charge is 0.474 e. The zero-order chi connectivity index (χ0) is 23.5. The quantitative estimate of drug-likeness (QED) is 0.382. The minimum Gasteiger partial charge on any atom is -0.474 e. The molecule has 0 aliphatic carbocycles. The molecule has 4 aromatic heterocycles. The molecule has 10 nitrogen and oxygen atoms in total. The van der Waals surface area contributed by atoms with Gasteiger partial charge in [-0.1, -0.05) is 6.92 Å². The van der Waals surface area contributed by atoms with Crippen LogP contribution in [0.15, 0.2) is 41.1 Å². The highest BCUT2D eigenvalue weighted by Gasteiger charge is 2.22. The second-order valence-corrected chi connectivity index (χ2v) is 8.34. The summed E-state index contributed by atoms with van der Waals surface area (Å²) in [4.78, 5) is 22.7. The van der Waals surface area contributed by atoms with Crippen LogP contribution in [0.3, 0.4) is 0 Å². The third-order valence-corrected chi connectivity index (χ3v) is 5.89. The molecule has 5 rings (SSSR count). The molecule has 5 heterocycles. The first kappa shape index (κ1) is 22.1. The van der Waals surface area contributed by atoms with E-state index in [1.54, 1.807) is 30.1 Å². The fourth-order valence-electron chi connectivity index (χ4n) is 4.21. The normalized spacial score (nSPS) is 15.8. The van der Waals surface area contributed by atoms with Crippen LogP contribution in [0, 0.1) is 0 Å². The van der Waals surface area contributed by atoms with Gasteiger partial charge in [-0.05, 0) is 31.0 Å². The smallest absolute Gasteiger partial charge is 0.231 e. The summed E-state index contributed by atoms with van der Waals surface area (Å²) < 4.78 is 19.0. The molecule has 10 heteroatoms. The lowest BCUT2D eigenvalue weighted by atomic mass is 10.2. The van der Waals surface area contributed by atoms with Gasteiger partial charge >= 0.3 is 0 Å². The number of ether oxygens (including phenoxy) is 2. The van der Waals surface area contributed by atoms with Gasteiger partial charge in [-0.3, -0.25) is 4.79 Å². The lowest BCUT2D eigenvalue weighted by Gasteiger charge is -2.23. The zero-order valence-electron chi connectivity index (χ0n) is 19.4. The maximum absolute atomic E-state index is 11.4. The second-order valence-electron chi connectivity index (χ2n) is 8.34. The number of hydrogen-bond donors (Lipinski definition) is 1. The summed E-state index contributed by atoms with van der Waals surface area (Å²) in [6, 6.07) is 7.49. The van der Waals surface area contributed by atoms with Crippen molar-refractivity contribution in [1.29, 1.82) is 0 Å². The molecule has 0 unspecified atom stereocenters. The van der Waals surface area contributed by atoms with Crippen molar-refractivity contribution in [2.24, 2.45) is 0 Å². The van der Waals surface area contributed by atoms with Gasteiger partial charge in [0.05, 0.1) is 24.2 Å². The molecule has 4 aromatic rings. The molecule has 0 saturated carbocycles. The van der Waals surface area contributed by atoms with Crippen LogP contribution in [-0.4, -0.2) is 64.9 Å². The van der Waals surface area contributed by atoms with Gasteiger partial charge < -0.3 is 24.1 Å². The number of methoxy groups -OCH3 is 1. The van der Waals surface area contributed by atoms with Gasteiger partial charge in [0, 0.05) is 38.9 Å². The molecule has 0 radical (unpaired) electrons. The summed E-state index contributed by atoms with van der Waals surface area (Å²) in [6.45, 7) is 4.76. The van der Waals surface area contributed by atoms with Crippen LogP contribution in [0.4, 0.5) is 5.82 Å². The number of hydrogen-bond acceptors (Lipinski definition) is 8. The molecule has 34 heavy (non-hydrogen) atoms. The molecule has 0 aromatic carbocycles. The Hall–Kier alpha value is -3.66. The van der Waals surface area contributed by atoms with Crippen LogP contribution < -0.4 is 15.0 Å². The van der Waals surface area contributed by atoms with Crippen LogP contribution in [0.2, 0.25) is 0 Å². The van der Waals surface area contributed by atoms with Gasteiger partial charge in [0.25, 0.3) is 0 Å². The van der Waals surface area contributed by atoms with E-state index in [4.69, 9.17) is 13.9 Å². The van der Waals surface area contributed by atoms with E-state index in [9.17, 15) is 4.79 Å². The maximum atomic E-state index is 11.4. The van der Waals surface area contributed by atoms with Crippen molar-refractivity contribution < 1.29 is 18.7 Å². The SMILES string of the molecule is CCCN(CCOC)c1nccc2oc(-c3cnc4ccc(OC[C@H]5CCC(=O)N5)nn34)cc12. The lowest BCUT2D eigenvalue weighted by molar-refractivity contribution is -0.119. The molecule has 1 aliphatic rings. The number of furan rings is 1. The summed E-state index contributed by atoms with van der Waals surface area (Å²) in [6.07, 6.45) is 5.81. The van der Waals surface area contributed by atoms with E-state index in [1.165, 1.54) is 0 Å². The third-order valence-electron chi connectivity index (χ3n) is 5.89. The number of rotatable bonds is 10. The van der Waals surface area contributed by atoms with Gasteiger partial charge in [0.15, 0.2) is 11.4 Å². The third kappa shape index (κ3) is 4.41. The predicted molar refractivity (Wildman–Crippen MR) is 127 cm³/mol. The van der Waals surface area contributed by atoms with E-state index < -0.39 is 0 Å². The molecule has 178 valence electrons. The fraction of sp³-hybridized carbons (Fsp3) is 0.417. The zero-order valence-corrected chi connectivity index (χ0v) is 19.4. The highest BCUT2D eigenvalue weighted by Crippen LogP contribution is 2.33. The van der Waals surface area contributed by atoms with Crippen molar-refractivity contribution in [1.82, 2.24) is 24.9 Å². The highest BCUT2D eigenvalue weighted by molar-refractivity contribution is 5.92. The number of carbonyl (C=O) groups is 1. The van der Waals surface area contributed by atoms with Crippen LogP contribution >= 0.6 is 0 Å². The number of amides is 1. The van der Waals surface area contributed by atoms with Crippen molar-refractivity contribution in [2.75, 3.05) is 38.3 Å². The minimum absolute atomic E-state index is 0.0118. The molecule has 1 atom stereocenters. The Morgan fingerprint density at radius 1 is 1.26 bits per heavy atom. The highest BCUT2D eigenvalue weighted by atomic mass is 16.5. The number of aromatic nitrogens is 4. The average Bonchev–Trinajstić information content (AvgIpc) is 3.57. The molecule has 1 saturated heterocycles. The molecular weight excluding hydrogens is 436 g/mol. The molecule has 1 N–H and O–H groups in total. The van der Waals surface area contributed by atoms with E-state index in [0.29, 0.717) is 36.9 Å². The lowest BCUT2D eigenvalue weighted by Crippen LogP contribution is -2.31. The van der Waals surface area contributed by atoms with E-state index >= 15 is 0 Å². The molecule has 1 fully saturated rings. The number of carbonyl (C=O) groups excluding carboxylic acids is 1. The molecule has 1 aliphatic heterocycles. The minimum atomic E-state index is 0.0118. The van der Waals surface area contributed by atoms with Crippen LogP contribution in [0.1, 0.15) is 26.2 Å². The Bertz CT molecular complexity index is 1300. The van der Waals surface area contributed by atoms with Crippen molar-refractivity contribution in [3.8, 4) is 17.3 Å². The van der Waals surface area contributed by atoms with Crippen molar-refractivity contribution in [3.05, 3.63) is 36.7 Å². The van der Waals surface area contributed by atoms with E-state index in [1.807, 2.05) is 18.2 Å². The summed E-state index contributed by atoms with van der Waals surface area (Å²) >= 11 is 0. The Balaban J connectivity index is 1.45. The van der Waals surface area contributed by atoms with E-state index in [0.717, 1.165) is 48.4 Å².